The van der Waals surface area contributed by atoms with Crippen molar-refractivity contribution in [2.45, 2.75) is 50.5 Å². The molecule has 1 saturated carbocycles. The topological polar surface area (TPSA) is 122 Å². The summed E-state index contributed by atoms with van der Waals surface area (Å²) in [6.07, 6.45) is 8.87. The van der Waals surface area contributed by atoms with Crippen molar-refractivity contribution in [3.63, 3.8) is 0 Å². The van der Waals surface area contributed by atoms with E-state index in [1.165, 1.54) is 11.9 Å². The molecular formula is C33H39N7O3. The van der Waals surface area contributed by atoms with Crippen LogP contribution in [0.4, 0.5) is 5.82 Å². The molecule has 5 aromatic rings. The van der Waals surface area contributed by atoms with Gasteiger partial charge in [-0.25, -0.2) is 15.0 Å². The molecule has 0 amide bonds. The van der Waals surface area contributed by atoms with Crippen molar-refractivity contribution in [2.24, 2.45) is 5.92 Å². The van der Waals surface area contributed by atoms with Crippen LogP contribution >= 0.6 is 0 Å². The number of imidazole rings is 1. The molecule has 0 unspecified atom stereocenters. The lowest BCUT2D eigenvalue weighted by Gasteiger charge is -2.19. The third-order valence-electron chi connectivity index (χ3n) is 8.33. The number of anilines is 1. The van der Waals surface area contributed by atoms with Gasteiger partial charge in [-0.15, -0.1) is 0 Å². The highest BCUT2D eigenvalue weighted by atomic mass is 16.5. The molecule has 10 nitrogen and oxygen atoms in total. The fraction of sp³-hybridized carbons (Fsp3) is 0.364. The number of nitrogens with one attached hydrogen (secondary N) is 2. The van der Waals surface area contributed by atoms with Gasteiger partial charge < -0.3 is 34.7 Å². The highest BCUT2D eigenvalue weighted by molar-refractivity contribution is 5.87. The molecule has 0 bridgehead atoms. The maximum Gasteiger partial charge on any atom is 0.145 e. The summed E-state index contributed by atoms with van der Waals surface area (Å²) >= 11 is 0. The molecule has 4 atom stereocenters. The molecule has 3 aromatic heterocycles. The van der Waals surface area contributed by atoms with Gasteiger partial charge in [0.1, 0.15) is 41.2 Å². The molecule has 1 aliphatic rings. The summed E-state index contributed by atoms with van der Waals surface area (Å²) in [5.41, 5.74) is 1.98. The second-order valence-electron chi connectivity index (χ2n) is 11.1. The number of nitrogens with zero attached hydrogens (tertiary/aromatic N) is 5. The van der Waals surface area contributed by atoms with Crippen molar-refractivity contribution in [2.75, 3.05) is 25.5 Å². The SMILES string of the molecule is CNc1ncnc2c1ccn2[C@@H]1C[C@H](Cn2ccnc2CCCNCCc2cccc(Oc3ccccc3)c2)[C@@H](O)[C@H]1O. The van der Waals surface area contributed by atoms with Gasteiger partial charge in [0.15, 0.2) is 0 Å². The number of fused-ring (bicyclic) bond motifs is 1. The van der Waals surface area contributed by atoms with E-state index < -0.39 is 12.2 Å². The van der Waals surface area contributed by atoms with Crippen LogP contribution in [0.5, 0.6) is 11.5 Å². The van der Waals surface area contributed by atoms with E-state index in [4.69, 9.17) is 4.74 Å². The number of aryl methyl sites for hydroxylation is 1. The monoisotopic (exact) mass is 581 g/mol. The van der Waals surface area contributed by atoms with Crippen molar-refractivity contribution in [3.8, 4) is 11.5 Å². The predicted molar refractivity (Wildman–Crippen MR) is 166 cm³/mol. The smallest absolute Gasteiger partial charge is 0.145 e. The first-order chi connectivity index (χ1) is 21.1. The van der Waals surface area contributed by atoms with E-state index in [0.29, 0.717) is 13.0 Å². The normalized spacial score (nSPS) is 20.1. The Kier molecular flexibility index (Phi) is 8.97. The third-order valence-corrected chi connectivity index (χ3v) is 8.33. The Hall–Kier alpha value is -4.25. The van der Waals surface area contributed by atoms with Crippen LogP contribution in [0.2, 0.25) is 0 Å². The molecule has 1 aliphatic carbocycles. The van der Waals surface area contributed by atoms with Crippen LogP contribution in [0.3, 0.4) is 0 Å². The van der Waals surface area contributed by atoms with Crippen molar-refractivity contribution in [1.82, 2.24) is 29.4 Å². The Balaban J connectivity index is 0.975. The van der Waals surface area contributed by atoms with E-state index in [9.17, 15) is 10.2 Å². The number of benzene rings is 2. The summed E-state index contributed by atoms with van der Waals surface area (Å²) in [6.45, 7) is 2.37. The number of ether oxygens (including phenoxy) is 1. The van der Waals surface area contributed by atoms with Crippen molar-refractivity contribution >= 4 is 16.9 Å². The van der Waals surface area contributed by atoms with Crippen LogP contribution in [0, 0.1) is 5.92 Å². The van der Waals surface area contributed by atoms with E-state index in [0.717, 1.165) is 66.5 Å². The Morgan fingerprint density at radius 2 is 1.77 bits per heavy atom. The number of aromatic nitrogens is 5. The standard InChI is InChI=1S/C33H39N7O3/c1-34-32-27-13-17-40(33(27)38-22-37-32)28-20-24(30(41)31(28)42)21-39-18-16-36-29(39)11-6-14-35-15-12-23-7-5-10-26(19-23)43-25-8-3-2-4-9-25/h2-5,7-10,13,16-19,22,24,28,30-31,35,41-42H,6,11-12,14-15,20-21H2,1H3,(H,34,37,38)/t24-,28-,30-,31+/m1/s1. The number of rotatable bonds is 13. The highest BCUT2D eigenvalue weighted by Crippen LogP contribution is 2.38. The van der Waals surface area contributed by atoms with E-state index >= 15 is 0 Å². The molecule has 10 heteroatoms. The molecule has 1 fully saturated rings. The van der Waals surface area contributed by atoms with Gasteiger partial charge in [0, 0.05) is 44.5 Å². The molecule has 0 saturated heterocycles. The first kappa shape index (κ1) is 28.9. The zero-order valence-corrected chi connectivity index (χ0v) is 24.4. The molecular weight excluding hydrogens is 542 g/mol. The molecule has 0 aliphatic heterocycles. The van der Waals surface area contributed by atoms with Gasteiger partial charge in [0.05, 0.1) is 17.5 Å². The summed E-state index contributed by atoms with van der Waals surface area (Å²) < 4.78 is 10.1. The van der Waals surface area contributed by atoms with Crippen LogP contribution in [0.15, 0.2) is 85.6 Å². The Morgan fingerprint density at radius 1 is 0.907 bits per heavy atom. The van der Waals surface area contributed by atoms with E-state index in [-0.39, 0.29) is 12.0 Å². The van der Waals surface area contributed by atoms with Gasteiger partial charge in [-0.3, -0.25) is 0 Å². The average Bonchev–Trinajstić information content (AvgIpc) is 3.74. The molecule has 3 heterocycles. The van der Waals surface area contributed by atoms with Crippen molar-refractivity contribution in [3.05, 3.63) is 97.0 Å². The minimum Gasteiger partial charge on any atom is -0.457 e. The zero-order valence-electron chi connectivity index (χ0n) is 24.4. The summed E-state index contributed by atoms with van der Waals surface area (Å²) in [7, 11) is 1.82. The number of aliphatic hydroxyl groups excluding tert-OH is 2. The number of hydrogen-bond donors (Lipinski definition) is 4. The Labute approximate surface area is 251 Å². The Morgan fingerprint density at radius 3 is 2.63 bits per heavy atom. The lowest BCUT2D eigenvalue weighted by atomic mass is 10.1. The minimum atomic E-state index is -0.879. The van der Waals surface area contributed by atoms with E-state index in [1.54, 1.807) is 0 Å². The van der Waals surface area contributed by atoms with Crippen LogP contribution < -0.4 is 15.4 Å². The summed E-state index contributed by atoms with van der Waals surface area (Å²) in [6, 6.07) is 19.7. The van der Waals surface area contributed by atoms with Gasteiger partial charge >= 0.3 is 0 Å². The fourth-order valence-electron chi connectivity index (χ4n) is 6.10. The molecule has 43 heavy (non-hydrogen) atoms. The van der Waals surface area contributed by atoms with Crippen LogP contribution in [-0.4, -0.2) is 66.6 Å². The molecule has 4 N–H and O–H groups in total. The van der Waals surface area contributed by atoms with Gasteiger partial charge in [-0.1, -0.05) is 30.3 Å². The second-order valence-corrected chi connectivity index (χ2v) is 11.1. The first-order valence-electron chi connectivity index (χ1n) is 15.0. The lowest BCUT2D eigenvalue weighted by Crippen LogP contribution is -2.31. The average molecular weight is 582 g/mol. The third kappa shape index (κ3) is 6.56. The van der Waals surface area contributed by atoms with Crippen LogP contribution in [-0.2, 0) is 19.4 Å². The molecule has 0 radical (unpaired) electrons. The predicted octanol–water partition coefficient (Wildman–Crippen LogP) is 4.21. The lowest BCUT2D eigenvalue weighted by molar-refractivity contribution is 0.00381. The minimum absolute atomic E-state index is 0.101. The van der Waals surface area contributed by atoms with Gasteiger partial charge in [-0.05, 0) is 68.2 Å². The largest absolute Gasteiger partial charge is 0.457 e. The summed E-state index contributed by atoms with van der Waals surface area (Å²) in [5, 5.41) is 29.5. The second kappa shape index (κ2) is 13.4. The van der Waals surface area contributed by atoms with Gasteiger partial charge in [-0.2, -0.15) is 0 Å². The molecule has 224 valence electrons. The van der Waals surface area contributed by atoms with Crippen LogP contribution in [0.25, 0.3) is 11.0 Å². The first-order valence-corrected chi connectivity index (χ1v) is 15.0. The summed E-state index contributed by atoms with van der Waals surface area (Å²) in [5.74, 6) is 3.32. The highest BCUT2D eigenvalue weighted by Gasteiger charge is 2.43. The molecule has 6 rings (SSSR count). The van der Waals surface area contributed by atoms with Crippen molar-refractivity contribution in [1.29, 1.82) is 0 Å². The van der Waals surface area contributed by atoms with E-state index in [2.05, 4.69) is 42.3 Å². The number of hydrogen-bond acceptors (Lipinski definition) is 8. The number of para-hydroxylation sites is 1. The maximum absolute atomic E-state index is 11.0. The zero-order chi connectivity index (χ0) is 29.6. The van der Waals surface area contributed by atoms with Gasteiger partial charge in [0.25, 0.3) is 0 Å². The Bertz CT molecular complexity index is 1620. The van der Waals surface area contributed by atoms with Crippen LogP contribution in [0.1, 0.15) is 30.3 Å². The van der Waals surface area contributed by atoms with Crippen molar-refractivity contribution < 1.29 is 14.9 Å². The summed E-state index contributed by atoms with van der Waals surface area (Å²) in [4.78, 5) is 13.3. The van der Waals surface area contributed by atoms with Gasteiger partial charge in [0.2, 0.25) is 0 Å². The number of aliphatic hydroxyl groups is 2. The maximum atomic E-state index is 11.0. The molecule has 0 spiro atoms. The van der Waals surface area contributed by atoms with E-state index in [1.807, 2.05) is 78.7 Å². The fourth-order valence-corrected chi connectivity index (χ4v) is 6.10. The quantitative estimate of drug-likeness (QED) is 0.153. The molecule has 2 aromatic carbocycles.